The van der Waals surface area contributed by atoms with Gasteiger partial charge in [0.05, 0.1) is 35.1 Å². The average molecular weight is 335 g/mol. The summed E-state index contributed by atoms with van der Waals surface area (Å²) < 4.78 is 10.3. The van der Waals surface area contributed by atoms with Crippen molar-refractivity contribution in [2.45, 2.75) is 38.7 Å². The topological polar surface area (TPSA) is 72.3 Å². The van der Waals surface area contributed by atoms with Crippen molar-refractivity contribution in [3.05, 3.63) is 46.7 Å². The third-order valence-corrected chi connectivity index (χ3v) is 4.75. The predicted octanol–water partition coefficient (Wildman–Crippen LogP) is 3.91. The summed E-state index contributed by atoms with van der Waals surface area (Å²) in [5, 5.41) is -0.244. The van der Waals surface area contributed by atoms with E-state index < -0.39 is 5.97 Å². The third-order valence-electron chi connectivity index (χ3n) is 3.59. The van der Waals surface area contributed by atoms with Gasteiger partial charge in [0, 0.05) is 5.69 Å². The van der Waals surface area contributed by atoms with Crippen LogP contribution in [0.3, 0.4) is 0 Å². The number of carbonyl (C=O) groups excluding carboxylic acids is 2. The molecule has 0 radical (unpaired) electrons. The molecule has 0 aliphatic rings. The smallest absolute Gasteiger partial charge is 0.340 e. The van der Waals surface area contributed by atoms with Gasteiger partial charge in [-0.25, -0.2) is 4.79 Å². The van der Waals surface area contributed by atoms with Crippen LogP contribution in [0.25, 0.3) is 0 Å². The molecule has 0 fully saturated rings. The van der Waals surface area contributed by atoms with Gasteiger partial charge in [-0.15, -0.1) is 11.8 Å². The number of thioether (sulfide) groups is 1. The van der Waals surface area contributed by atoms with Crippen LogP contribution >= 0.6 is 11.8 Å². The molecule has 0 spiro atoms. The van der Waals surface area contributed by atoms with E-state index in [2.05, 4.69) is 4.98 Å². The molecule has 1 N–H and O–H groups in total. The van der Waals surface area contributed by atoms with Crippen LogP contribution in [-0.2, 0) is 10.5 Å². The third kappa shape index (κ3) is 3.88. The minimum atomic E-state index is -0.395. The van der Waals surface area contributed by atoms with Crippen LogP contribution in [0, 0.1) is 13.8 Å². The van der Waals surface area contributed by atoms with Crippen molar-refractivity contribution < 1.29 is 18.7 Å². The van der Waals surface area contributed by atoms with E-state index in [0.717, 1.165) is 5.76 Å². The Morgan fingerprint density at radius 3 is 2.74 bits per heavy atom. The van der Waals surface area contributed by atoms with E-state index >= 15 is 0 Å². The van der Waals surface area contributed by atoms with Gasteiger partial charge in [-0.1, -0.05) is 0 Å². The summed E-state index contributed by atoms with van der Waals surface area (Å²) >= 11 is 1.50. The van der Waals surface area contributed by atoms with Gasteiger partial charge >= 0.3 is 5.97 Å². The first-order chi connectivity index (χ1) is 11.0. The molecule has 0 aliphatic heterocycles. The monoisotopic (exact) mass is 335 g/mol. The van der Waals surface area contributed by atoms with Gasteiger partial charge in [0.25, 0.3) is 0 Å². The van der Waals surface area contributed by atoms with Crippen LogP contribution in [0.4, 0.5) is 0 Å². The lowest BCUT2D eigenvalue weighted by Gasteiger charge is -2.09. The zero-order chi connectivity index (χ0) is 17.0. The quantitative estimate of drug-likeness (QED) is 0.613. The predicted molar refractivity (Wildman–Crippen MR) is 90.0 cm³/mol. The number of nitrogens with one attached hydrogen (secondary N) is 1. The standard InChI is InChI=1S/C17H21NO4S/c1-5-21-17(20)14-10(2)15(18-11(14)3)16(19)12(4)23-9-13-7-6-8-22-13/h6-8,12,18H,5,9H2,1-4H3/t12-/m0/s1. The van der Waals surface area contributed by atoms with Gasteiger partial charge in [0.1, 0.15) is 5.76 Å². The number of hydrogen-bond acceptors (Lipinski definition) is 5. The number of ketones is 1. The highest BCUT2D eigenvalue weighted by Gasteiger charge is 2.25. The molecule has 2 aromatic rings. The van der Waals surface area contributed by atoms with Crippen LogP contribution in [0.2, 0.25) is 0 Å². The molecule has 2 rings (SSSR count). The van der Waals surface area contributed by atoms with E-state index in [1.165, 1.54) is 11.8 Å². The Hall–Kier alpha value is -1.95. The number of aromatic amines is 1. The molecule has 0 aromatic carbocycles. The van der Waals surface area contributed by atoms with Crippen molar-refractivity contribution in [3.8, 4) is 0 Å². The number of Topliss-reactive ketones (excluding diaryl/α,β-unsaturated/α-hetero) is 1. The Labute approximate surface area is 139 Å². The maximum atomic E-state index is 12.6. The fourth-order valence-corrected chi connectivity index (χ4v) is 3.23. The van der Waals surface area contributed by atoms with Gasteiger partial charge in [-0.2, -0.15) is 0 Å². The fourth-order valence-electron chi connectivity index (χ4n) is 2.39. The van der Waals surface area contributed by atoms with Crippen LogP contribution < -0.4 is 0 Å². The van der Waals surface area contributed by atoms with Crippen LogP contribution in [0.1, 0.15) is 51.7 Å². The molecule has 0 bridgehead atoms. The van der Waals surface area contributed by atoms with E-state index in [4.69, 9.17) is 9.15 Å². The van der Waals surface area contributed by atoms with Gasteiger partial charge in [-0.05, 0) is 45.4 Å². The van der Waals surface area contributed by atoms with Crippen molar-refractivity contribution in [1.82, 2.24) is 4.98 Å². The van der Waals surface area contributed by atoms with E-state index in [1.54, 1.807) is 27.0 Å². The first-order valence-corrected chi connectivity index (χ1v) is 8.55. The largest absolute Gasteiger partial charge is 0.468 e. The number of aryl methyl sites for hydroxylation is 1. The van der Waals surface area contributed by atoms with E-state index in [1.807, 2.05) is 19.1 Å². The molecule has 23 heavy (non-hydrogen) atoms. The molecule has 6 heteroatoms. The average Bonchev–Trinajstić information content (AvgIpc) is 3.12. The van der Waals surface area contributed by atoms with Crippen LogP contribution in [-0.4, -0.2) is 28.6 Å². The Balaban J connectivity index is 2.12. The molecule has 5 nitrogen and oxygen atoms in total. The highest BCUT2D eigenvalue weighted by atomic mass is 32.2. The molecule has 124 valence electrons. The lowest BCUT2D eigenvalue weighted by atomic mass is 10.1. The first-order valence-electron chi connectivity index (χ1n) is 7.50. The summed E-state index contributed by atoms with van der Waals surface area (Å²) in [7, 11) is 0. The Kier molecular flexibility index (Phi) is 5.71. The summed E-state index contributed by atoms with van der Waals surface area (Å²) in [5.74, 6) is 1.04. The maximum Gasteiger partial charge on any atom is 0.340 e. The molecule has 2 heterocycles. The van der Waals surface area contributed by atoms with Gasteiger partial charge in [-0.3, -0.25) is 4.79 Å². The number of hydrogen-bond donors (Lipinski definition) is 1. The SMILES string of the molecule is CCOC(=O)c1c(C)[nH]c(C(=O)[C@H](C)SCc2ccco2)c1C. The number of furan rings is 1. The summed E-state index contributed by atoms with van der Waals surface area (Å²) in [4.78, 5) is 27.7. The number of aromatic nitrogens is 1. The second-order valence-corrected chi connectivity index (χ2v) is 6.57. The van der Waals surface area contributed by atoms with E-state index in [0.29, 0.717) is 34.9 Å². The minimum Gasteiger partial charge on any atom is -0.468 e. The highest BCUT2D eigenvalue weighted by Crippen LogP contribution is 2.25. The molecule has 2 aromatic heterocycles. The zero-order valence-corrected chi connectivity index (χ0v) is 14.6. The number of esters is 1. The fraction of sp³-hybridized carbons (Fsp3) is 0.412. The van der Waals surface area contributed by atoms with Gasteiger partial charge in [0.15, 0.2) is 5.78 Å². The van der Waals surface area contributed by atoms with Gasteiger partial charge in [0.2, 0.25) is 0 Å². The molecule has 0 saturated carbocycles. The Morgan fingerprint density at radius 1 is 1.39 bits per heavy atom. The zero-order valence-electron chi connectivity index (χ0n) is 13.8. The maximum absolute atomic E-state index is 12.6. The number of carbonyl (C=O) groups is 2. The Bertz CT molecular complexity index is 688. The Morgan fingerprint density at radius 2 is 2.13 bits per heavy atom. The summed E-state index contributed by atoms with van der Waals surface area (Å²) in [5.41, 5.74) is 2.24. The van der Waals surface area contributed by atoms with Crippen molar-refractivity contribution >= 4 is 23.5 Å². The van der Waals surface area contributed by atoms with E-state index in [-0.39, 0.29) is 11.0 Å². The first kappa shape index (κ1) is 17.4. The van der Waals surface area contributed by atoms with Crippen LogP contribution in [0.5, 0.6) is 0 Å². The van der Waals surface area contributed by atoms with Crippen molar-refractivity contribution in [2.24, 2.45) is 0 Å². The molecular weight excluding hydrogens is 314 g/mol. The van der Waals surface area contributed by atoms with Crippen molar-refractivity contribution in [3.63, 3.8) is 0 Å². The lowest BCUT2D eigenvalue weighted by Crippen LogP contribution is -2.16. The second kappa shape index (κ2) is 7.55. The number of ether oxygens (including phenoxy) is 1. The summed E-state index contributed by atoms with van der Waals surface area (Å²) in [6, 6.07) is 3.71. The van der Waals surface area contributed by atoms with E-state index in [9.17, 15) is 9.59 Å². The highest BCUT2D eigenvalue weighted by molar-refractivity contribution is 7.99. The number of H-pyrrole nitrogens is 1. The lowest BCUT2D eigenvalue weighted by molar-refractivity contribution is 0.0525. The summed E-state index contributed by atoms with van der Waals surface area (Å²) in [6.07, 6.45) is 1.62. The minimum absolute atomic E-state index is 0.0299. The van der Waals surface area contributed by atoms with Crippen LogP contribution in [0.15, 0.2) is 22.8 Å². The molecule has 1 atom stereocenters. The molecule has 0 unspecified atom stereocenters. The normalized spacial score (nSPS) is 12.2. The van der Waals surface area contributed by atoms with Crippen molar-refractivity contribution in [1.29, 1.82) is 0 Å². The second-order valence-electron chi connectivity index (χ2n) is 5.24. The molecular formula is C17H21NO4S. The number of rotatable bonds is 7. The molecule has 0 saturated heterocycles. The summed E-state index contributed by atoms with van der Waals surface area (Å²) in [6.45, 7) is 7.47. The van der Waals surface area contributed by atoms with Crippen molar-refractivity contribution in [2.75, 3.05) is 6.61 Å². The van der Waals surface area contributed by atoms with Gasteiger partial charge < -0.3 is 14.1 Å². The molecule has 0 amide bonds. The molecule has 0 aliphatic carbocycles.